The van der Waals surface area contributed by atoms with E-state index >= 15 is 0 Å². The van der Waals surface area contributed by atoms with E-state index in [4.69, 9.17) is 11.6 Å². The van der Waals surface area contributed by atoms with Crippen molar-refractivity contribution in [2.24, 2.45) is 0 Å². The Bertz CT molecular complexity index is 993. The summed E-state index contributed by atoms with van der Waals surface area (Å²) in [6.45, 7) is 1.75. The Morgan fingerprint density at radius 1 is 1.10 bits per heavy atom. The molecule has 0 saturated heterocycles. The van der Waals surface area contributed by atoms with Crippen molar-refractivity contribution in [3.63, 3.8) is 0 Å². The average molecular weight is 462 g/mol. The number of amides is 3. The number of rotatable bonds is 4. The number of nitrogens with zero attached hydrogens (tertiary/aromatic N) is 2. The predicted molar refractivity (Wildman–Crippen MR) is 119 cm³/mol. The minimum absolute atomic E-state index is 0.223. The van der Waals surface area contributed by atoms with Crippen LogP contribution in [-0.4, -0.2) is 53.3 Å². The maximum absolute atomic E-state index is 12.8. The third-order valence-electron chi connectivity index (χ3n) is 5.57. The van der Waals surface area contributed by atoms with E-state index in [1.54, 1.807) is 24.3 Å². The molecule has 164 valence electrons. The number of fused-ring (bicyclic) bond motifs is 1. The average Bonchev–Trinajstić information content (AvgIpc) is 3.36. The summed E-state index contributed by atoms with van der Waals surface area (Å²) in [5.74, 6) is -1.70. The fourth-order valence-electron chi connectivity index (χ4n) is 3.91. The monoisotopic (exact) mass is 461 g/mol. The number of nitrogens with one attached hydrogen (secondary N) is 3. The zero-order valence-electron chi connectivity index (χ0n) is 17.1. The van der Waals surface area contributed by atoms with E-state index in [2.05, 4.69) is 32.9 Å². The molecule has 4 rings (SSSR count). The zero-order chi connectivity index (χ0) is 22.0. The lowest BCUT2D eigenvalue weighted by Crippen LogP contribution is -2.51. The van der Waals surface area contributed by atoms with Crippen LogP contribution in [0.15, 0.2) is 24.3 Å². The zero-order valence-corrected chi connectivity index (χ0v) is 18.7. The van der Waals surface area contributed by atoms with Crippen LogP contribution in [0.4, 0.5) is 5.69 Å². The first kappa shape index (κ1) is 21.7. The number of anilines is 1. The van der Waals surface area contributed by atoms with Crippen molar-refractivity contribution < 1.29 is 14.4 Å². The summed E-state index contributed by atoms with van der Waals surface area (Å²) in [6, 6.07) is 5.98. The molecule has 2 aromatic rings. The highest BCUT2D eigenvalue weighted by Crippen LogP contribution is 2.25. The second-order valence-corrected chi connectivity index (χ2v) is 9.45. The number of likely N-dealkylation sites (N-methyl/N-ethyl adjacent to an activating group) is 1. The first-order valence-corrected chi connectivity index (χ1v) is 11.4. The summed E-state index contributed by atoms with van der Waals surface area (Å²) >= 11 is 7.26. The molecule has 2 heterocycles. The van der Waals surface area contributed by atoms with Crippen LogP contribution in [0.1, 0.15) is 39.6 Å². The van der Waals surface area contributed by atoms with E-state index in [0.29, 0.717) is 22.1 Å². The van der Waals surface area contributed by atoms with Gasteiger partial charge in [-0.25, -0.2) is 4.98 Å². The van der Waals surface area contributed by atoms with Crippen LogP contribution in [0.2, 0.25) is 5.02 Å². The van der Waals surface area contributed by atoms with Gasteiger partial charge in [-0.3, -0.25) is 14.4 Å². The van der Waals surface area contributed by atoms with Gasteiger partial charge in [-0.2, -0.15) is 0 Å². The van der Waals surface area contributed by atoms with E-state index < -0.39 is 11.8 Å². The molecule has 0 bridgehead atoms. The molecule has 0 unspecified atom stereocenters. The number of aromatic nitrogens is 1. The fourth-order valence-corrected chi connectivity index (χ4v) is 5.13. The van der Waals surface area contributed by atoms with Crippen LogP contribution in [0.5, 0.6) is 0 Å². The Morgan fingerprint density at radius 3 is 2.55 bits per heavy atom. The Kier molecular flexibility index (Phi) is 6.54. The molecule has 0 spiro atoms. The Balaban J connectivity index is 1.33. The van der Waals surface area contributed by atoms with Crippen molar-refractivity contribution in [3.8, 4) is 0 Å². The second kappa shape index (κ2) is 9.33. The number of carbonyl (C=O) groups is 3. The van der Waals surface area contributed by atoms with Gasteiger partial charge in [0.25, 0.3) is 5.91 Å². The van der Waals surface area contributed by atoms with Crippen molar-refractivity contribution in [1.82, 2.24) is 20.5 Å². The van der Waals surface area contributed by atoms with Crippen LogP contribution in [0.25, 0.3) is 0 Å². The van der Waals surface area contributed by atoms with Gasteiger partial charge in [0.05, 0.1) is 5.69 Å². The minimum Gasteiger partial charge on any atom is -0.345 e. The third-order valence-corrected chi connectivity index (χ3v) is 6.91. The standard InChI is InChI=1S/C21H24ClN5O3S/c1-27-10-9-16-17(11-27)31-21(26-16)20(30)25-15-4-2-3-14(15)24-19(29)18(28)23-13-7-5-12(22)6-8-13/h5-8,14-15H,2-4,9-11H2,1H3,(H,23,28)(H,24,29)(H,25,30)/t14-,15-/m0/s1. The molecule has 1 aliphatic carbocycles. The van der Waals surface area contributed by atoms with Crippen molar-refractivity contribution in [2.45, 2.75) is 44.3 Å². The number of carbonyl (C=O) groups excluding carboxylic acids is 3. The van der Waals surface area contributed by atoms with Crippen LogP contribution in [0, 0.1) is 0 Å². The molecule has 1 aromatic carbocycles. The van der Waals surface area contributed by atoms with Crippen LogP contribution < -0.4 is 16.0 Å². The number of halogens is 1. The first-order valence-electron chi connectivity index (χ1n) is 10.2. The van der Waals surface area contributed by atoms with Crippen molar-refractivity contribution in [3.05, 3.63) is 44.9 Å². The SMILES string of the molecule is CN1CCc2nc(C(=O)N[C@H]3CCC[C@@H]3NC(=O)C(=O)Nc3ccc(Cl)cc3)sc2C1. The van der Waals surface area contributed by atoms with Gasteiger partial charge in [0.15, 0.2) is 5.01 Å². The van der Waals surface area contributed by atoms with Crippen LogP contribution in [-0.2, 0) is 22.6 Å². The quantitative estimate of drug-likeness (QED) is 0.605. The summed E-state index contributed by atoms with van der Waals surface area (Å²) in [5.41, 5.74) is 1.49. The van der Waals surface area contributed by atoms with Crippen molar-refractivity contribution >= 4 is 46.3 Å². The fraction of sp³-hybridized carbons (Fsp3) is 0.429. The second-order valence-electron chi connectivity index (χ2n) is 7.93. The first-order chi connectivity index (χ1) is 14.9. The van der Waals surface area contributed by atoms with Gasteiger partial charge >= 0.3 is 11.8 Å². The maximum atomic E-state index is 12.8. The third kappa shape index (κ3) is 5.23. The van der Waals surface area contributed by atoms with E-state index in [9.17, 15) is 14.4 Å². The van der Waals surface area contributed by atoms with Gasteiger partial charge in [0, 0.05) is 47.2 Å². The van der Waals surface area contributed by atoms with Crippen LogP contribution in [0.3, 0.4) is 0 Å². The summed E-state index contributed by atoms with van der Waals surface area (Å²) < 4.78 is 0. The largest absolute Gasteiger partial charge is 0.345 e. The van der Waals surface area contributed by atoms with E-state index in [-0.39, 0.29) is 18.0 Å². The summed E-state index contributed by atoms with van der Waals surface area (Å²) in [7, 11) is 2.05. The molecule has 1 fully saturated rings. The highest BCUT2D eigenvalue weighted by atomic mass is 35.5. The Labute approximate surface area is 189 Å². The molecule has 3 amide bonds. The van der Waals surface area contributed by atoms with Gasteiger partial charge < -0.3 is 20.9 Å². The van der Waals surface area contributed by atoms with E-state index in [1.807, 2.05) is 0 Å². The molecule has 1 aromatic heterocycles. The van der Waals surface area contributed by atoms with Crippen molar-refractivity contribution in [2.75, 3.05) is 18.9 Å². The van der Waals surface area contributed by atoms with E-state index in [0.717, 1.165) is 42.9 Å². The minimum atomic E-state index is -0.754. The molecule has 3 N–H and O–H groups in total. The molecular weight excluding hydrogens is 438 g/mol. The topological polar surface area (TPSA) is 103 Å². The predicted octanol–water partition coefficient (Wildman–Crippen LogP) is 2.19. The Morgan fingerprint density at radius 2 is 1.81 bits per heavy atom. The van der Waals surface area contributed by atoms with Gasteiger partial charge in [-0.1, -0.05) is 11.6 Å². The van der Waals surface area contributed by atoms with E-state index in [1.165, 1.54) is 11.3 Å². The van der Waals surface area contributed by atoms with Crippen molar-refractivity contribution in [1.29, 1.82) is 0 Å². The normalized spacial score (nSPS) is 20.7. The number of hydrogen-bond acceptors (Lipinski definition) is 6. The molecule has 10 heteroatoms. The number of benzene rings is 1. The molecular formula is C21H24ClN5O3S. The highest BCUT2D eigenvalue weighted by Gasteiger charge is 2.32. The lowest BCUT2D eigenvalue weighted by atomic mass is 10.1. The summed E-state index contributed by atoms with van der Waals surface area (Å²) in [6.07, 6.45) is 3.14. The molecule has 31 heavy (non-hydrogen) atoms. The van der Waals surface area contributed by atoms with Gasteiger partial charge in [-0.15, -0.1) is 11.3 Å². The molecule has 2 aliphatic rings. The van der Waals surface area contributed by atoms with Gasteiger partial charge in [0.1, 0.15) is 0 Å². The van der Waals surface area contributed by atoms with Gasteiger partial charge in [0.2, 0.25) is 0 Å². The maximum Gasteiger partial charge on any atom is 0.313 e. The molecule has 2 atom stereocenters. The van der Waals surface area contributed by atoms with Gasteiger partial charge in [-0.05, 0) is 50.6 Å². The smallest absolute Gasteiger partial charge is 0.313 e. The number of hydrogen-bond donors (Lipinski definition) is 3. The summed E-state index contributed by atoms with van der Waals surface area (Å²) in [5, 5.41) is 9.30. The van der Waals surface area contributed by atoms with Crippen LogP contribution >= 0.6 is 22.9 Å². The Hall–Kier alpha value is -2.49. The lowest BCUT2D eigenvalue weighted by Gasteiger charge is -2.21. The molecule has 0 radical (unpaired) electrons. The molecule has 1 saturated carbocycles. The molecule has 1 aliphatic heterocycles. The molecule has 8 nitrogen and oxygen atoms in total. The number of thiazole rings is 1. The summed E-state index contributed by atoms with van der Waals surface area (Å²) in [4.78, 5) is 45.2. The lowest BCUT2D eigenvalue weighted by molar-refractivity contribution is -0.136. The highest BCUT2D eigenvalue weighted by molar-refractivity contribution is 7.13.